The van der Waals surface area contributed by atoms with Crippen molar-refractivity contribution in [2.75, 3.05) is 24.7 Å². The number of nitrogens with one attached hydrogen (secondary N) is 1. The maximum atomic E-state index is 12.7. The van der Waals surface area contributed by atoms with Gasteiger partial charge in [0.15, 0.2) is 0 Å². The molecule has 0 spiro atoms. The zero-order valence-electron chi connectivity index (χ0n) is 15.6. The molecule has 0 aliphatic carbocycles. The van der Waals surface area contributed by atoms with Crippen LogP contribution in [0.25, 0.3) is 0 Å². The van der Waals surface area contributed by atoms with Crippen LogP contribution in [0.5, 0.6) is 0 Å². The predicted molar refractivity (Wildman–Crippen MR) is 118 cm³/mol. The lowest BCUT2D eigenvalue weighted by molar-refractivity contribution is -0.120. The van der Waals surface area contributed by atoms with E-state index in [9.17, 15) is 13.2 Å². The summed E-state index contributed by atoms with van der Waals surface area (Å²) in [6.45, 7) is 0.749. The molecule has 0 bridgehead atoms. The summed E-state index contributed by atoms with van der Waals surface area (Å²) in [5, 5.41) is 2.96. The number of anilines is 1. The Hall–Kier alpha value is -1.35. The number of piperidine rings is 1. The Balaban J connectivity index is 1.56. The van der Waals surface area contributed by atoms with Gasteiger partial charge in [0.2, 0.25) is 15.9 Å². The summed E-state index contributed by atoms with van der Waals surface area (Å²) in [6, 6.07) is 15.1. The molecule has 1 amide bonds. The highest BCUT2D eigenvalue weighted by molar-refractivity contribution is 9.10. The van der Waals surface area contributed by atoms with Crippen LogP contribution < -0.4 is 5.32 Å². The topological polar surface area (TPSA) is 66.5 Å². The van der Waals surface area contributed by atoms with E-state index >= 15 is 0 Å². The number of carbonyl (C=O) groups excluding carboxylic acids is 1. The van der Waals surface area contributed by atoms with Gasteiger partial charge in [-0.05, 0) is 55.0 Å². The average Bonchev–Trinajstić information content (AvgIpc) is 2.68. The van der Waals surface area contributed by atoms with Crippen molar-refractivity contribution in [1.29, 1.82) is 0 Å². The molecule has 1 heterocycles. The number of benzene rings is 2. The van der Waals surface area contributed by atoms with E-state index < -0.39 is 10.0 Å². The number of nitrogens with zero attached hydrogens (tertiary/aromatic N) is 1. The molecule has 1 saturated heterocycles. The van der Waals surface area contributed by atoms with Gasteiger partial charge in [0.05, 0.1) is 5.75 Å². The summed E-state index contributed by atoms with van der Waals surface area (Å²) in [7, 11) is -3.39. The molecule has 3 rings (SSSR count). The Morgan fingerprint density at radius 2 is 1.89 bits per heavy atom. The van der Waals surface area contributed by atoms with E-state index in [1.807, 2.05) is 54.8 Å². The maximum Gasteiger partial charge on any atom is 0.227 e. The molecule has 8 heteroatoms. The van der Waals surface area contributed by atoms with Crippen molar-refractivity contribution in [2.45, 2.75) is 23.5 Å². The van der Waals surface area contributed by atoms with Gasteiger partial charge in [-0.2, -0.15) is 0 Å². The van der Waals surface area contributed by atoms with Gasteiger partial charge < -0.3 is 5.32 Å². The summed E-state index contributed by atoms with van der Waals surface area (Å²) in [6.07, 6.45) is 3.06. The quantitative estimate of drug-likeness (QED) is 0.621. The largest absolute Gasteiger partial charge is 0.326 e. The Bertz CT molecular complexity index is 942. The second kappa shape index (κ2) is 9.43. The molecule has 1 N–H and O–H groups in total. The molecule has 0 atom stereocenters. The SMILES string of the molecule is CSc1cccc(NC(=O)C2CCN(S(=O)(=O)Cc3cccc(Br)c3)CC2)c1. The average molecular weight is 483 g/mol. The van der Waals surface area contributed by atoms with Gasteiger partial charge in [0.1, 0.15) is 0 Å². The maximum absolute atomic E-state index is 12.7. The zero-order valence-corrected chi connectivity index (χ0v) is 18.8. The third-order valence-corrected chi connectivity index (χ3v) is 7.86. The molecule has 1 fully saturated rings. The lowest BCUT2D eigenvalue weighted by Gasteiger charge is -2.30. The third kappa shape index (κ3) is 5.59. The van der Waals surface area contributed by atoms with Crippen LogP contribution in [0.15, 0.2) is 57.9 Å². The summed E-state index contributed by atoms with van der Waals surface area (Å²) in [4.78, 5) is 13.7. The van der Waals surface area contributed by atoms with Crippen molar-refractivity contribution in [3.05, 3.63) is 58.6 Å². The first-order valence-electron chi connectivity index (χ1n) is 9.04. The molecule has 0 unspecified atom stereocenters. The van der Waals surface area contributed by atoms with Crippen LogP contribution in [0.3, 0.4) is 0 Å². The minimum Gasteiger partial charge on any atom is -0.326 e. The van der Waals surface area contributed by atoms with Gasteiger partial charge in [0.25, 0.3) is 0 Å². The highest BCUT2D eigenvalue weighted by atomic mass is 79.9. The van der Waals surface area contributed by atoms with Crippen LogP contribution >= 0.6 is 27.7 Å². The van der Waals surface area contributed by atoms with Gasteiger partial charge in [0, 0.05) is 34.1 Å². The lowest BCUT2D eigenvalue weighted by Crippen LogP contribution is -2.41. The molecule has 0 radical (unpaired) electrons. The van der Waals surface area contributed by atoms with Crippen LogP contribution in [0.1, 0.15) is 18.4 Å². The fourth-order valence-corrected chi connectivity index (χ4v) is 5.73. The molecule has 0 aromatic heterocycles. The number of hydrogen-bond acceptors (Lipinski definition) is 4. The smallest absolute Gasteiger partial charge is 0.227 e. The summed E-state index contributed by atoms with van der Waals surface area (Å²) in [5.41, 5.74) is 1.53. The zero-order chi connectivity index (χ0) is 20.1. The third-order valence-electron chi connectivity index (χ3n) is 4.79. The van der Waals surface area contributed by atoms with Crippen molar-refractivity contribution in [2.24, 2.45) is 5.92 Å². The number of rotatable bonds is 6. The van der Waals surface area contributed by atoms with Crippen LogP contribution in [-0.2, 0) is 20.6 Å². The molecule has 2 aromatic rings. The monoisotopic (exact) mass is 482 g/mol. The first kappa shape index (κ1) is 21.4. The molecule has 28 heavy (non-hydrogen) atoms. The van der Waals surface area contributed by atoms with Crippen LogP contribution in [0.4, 0.5) is 5.69 Å². The van der Waals surface area contributed by atoms with Gasteiger partial charge in [-0.1, -0.05) is 34.1 Å². The number of carbonyl (C=O) groups is 1. The predicted octanol–water partition coefficient (Wildman–Crippen LogP) is 4.35. The van der Waals surface area contributed by atoms with Gasteiger partial charge in [-0.25, -0.2) is 12.7 Å². The molecule has 5 nitrogen and oxygen atoms in total. The molecule has 1 aliphatic rings. The van der Waals surface area contributed by atoms with E-state index in [-0.39, 0.29) is 17.6 Å². The second-order valence-corrected chi connectivity index (χ2v) is 10.5. The summed E-state index contributed by atoms with van der Waals surface area (Å²) >= 11 is 4.99. The summed E-state index contributed by atoms with van der Waals surface area (Å²) < 4.78 is 27.8. The highest BCUT2D eigenvalue weighted by Gasteiger charge is 2.31. The first-order valence-corrected chi connectivity index (χ1v) is 12.7. The number of hydrogen-bond donors (Lipinski definition) is 1. The molecule has 1 aliphatic heterocycles. The Labute approximate surface area is 179 Å². The second-order valence-electron chi connectivity index (χ2n) is 6.78. The standard InChI is InChI=1S/C20H23BrN2O3S2/c1-27-19-7-3-6-18(13-19)22-20(24)16-8-10-23(11-9-16)28(25,26)14-15-4-2-5-17(21)12-15/h2-7,12-13,16H,8-11,14H2,1H3,(H,22,24). The van der Waals surface area contributed by atoms with Crippen LogP contribution in [-0.4, -0.2) is 38.0 Å². The van der Waals surface area contributed by atoms with E-state index in [0.29, 0.717) is 25.9 Å². The van der Waals surface area contributed by atoms with E-state index in [1.165, 1.54) is 4.31 Å². The van der Waals surface area contributed by atoms with Crippen molar-refractivity contribution < 1.29 is 13.2 Å². The number of amides is 1. The van der Waals surface area contributed by atoms with Crippen LogP contribution in [0, 0.1) is 5.92 Å². The van der Waals surface area contributed by atoms with Gasteiger partial charge >= 0.3 is 0 Å². The normalized spacial score (nSPS) is 16.1. The first-order chi connectivity index (χ1) is 13.4. The fourth-order valence-electron chi connectivity index (χ4n) is 3.27. The summed E-state index contributed by atoms with van der Waals surface area (Å²) in [5.74, 6) is -0.234. The number of sulfonamides is 1. The van der Waals surface area contributed by atoms with E-state index in [1.54, 1.807) is 11.8 Å². The van der Waals surface area contributed by atoms with Crippen molar-refractivity contribution in [1.82, 2.24) is 4.31 Å². The number of thioether (sulfide) groups is 1. The van der Waals surface area contributed by atoms with Crippen LogP contribution in [0.2, 0.25) is 0 Å². The molecule has 2 aromatic carbocycles. The lowest BCUT2D eigenvalue weighted by atomic mass is 9.97. The van der Waals surface area contributed by atoms with Crippen molar-refractivity contribution in [3.8, 4) is 0 Å². The van der Waals surface area contributed by atoms with E-state index in [2.05, 4.69) is 21.2 Å². The van der Waals surface area contributed by atoms with Crippen molar-refractivity contribution >= 4 is 49.3 Å². The highest BCUT2D eigenvalue weighted by Crippen LogP contribution is 2.25. The Morgan fingerprint density at radius 1 is 1.18 bits per heavy atom. The number of halogens is 1. The minimum atomic E-state index is -3.39. The van der Waals surface area contributed by atoms with Gasteiger partial charge in [-0.3, -0.25) is 4.79 Å². The van der Waals surface area contributed by atoms with E-state index in [4.69, 9.17) is 0 Å². The fraction of sp³-hybridized carbons (Fsp3) is 0.350. The van der Waals surface area contributed by atoms with Gasteiger partial charge in [-0.15, -0.1) is 11.8 Å². The molecule has 0 saturated carbocycles. The molecular formula is C20H23BrN2O3S2. The van der Waals surface area contributed by atoms with Crippen molar-refractivity contribution in [3.63, 3.8) is 0 Å². The van der Waals surface area contributed by atoms with E-state index in [0.717, 1.165) is 20.6 Å². The Morgan fingerprint density at radius 3 is 2.57 bits per heavy atom. The Kier molecular flexibility index (Phi) is 7.20. The molecule has 150 valence electrons. The molecular weight excluding hydrogens is 460 g/mol. The minimum absolute atomic E-state index is 0.0230.